The number of rotatable bonds is 3. The molecule has 2 amide bonds. The van der Waals surface area contributed by atoms with Crippen LogP contribution in [-0.4, -0.2) is 42.6 Å². The lowest BCUT2D eigenvalue weighted by atomic mass is 9.78. The highest BCUT2D eigenvalue weighted by molar-refractivity contribution is 5.97. The maximum Gasteiger partial charge on any atom is 0.414 e. The normalized spacial score (nSPS) is 24.1. The summed E-state index contributed by atoms with van der Waals surface area (Å²) in [4.78, 5) is 29.5. The lowest BCUT2D eigenvalue weighted by Crippen LogP contribution is -2.49. The average Bonchev–Trinajstić information content (AvgIpc) is 3.14. The van der Waals surface area contributed by atoms with Crippen molar-refractivity contribution in [2.45, 2.75) is 64.8 Å². The summed E-state index contributed by atoms with van der Waals surface area (Å²) in [6.45, 7) is 5.99. The van der Waals surface area contributed by atoms with Crippen LogP contribution in [0.25, 0.3) is 0 Å². The zero-order valence-electron chi connectivity index (χ0n) is 17.2. The van der Waals surface area contributed by atoms with Gasteiger partial charge >= 0.3 is 6.09 Å². The minimum absolute atomic E-state index is 0.167. The molecule has 2 heterocycles. The Bertz CT molecular complexity index is 743. The van der Waals surface area contributed by atoms with E-state index in [0.717, 1.165) is 42.6 Å². The van der Waals surface area contributed by atoms with E-state index in [4.69, 9.17) is 4.74 Å². The SMILES string of the molecule is CC(C)COC(=O)N1CCc2cc(C(=O)N3CCCC4CCCCC43)ccc21. The van der Waals surface area contributed by atoms with Gasteiger partial charge in [0.15, 0.2) is 0 Å². The van der Waals surface area contributed by atoms with E-state index in [1.807, 2.05) is 32.0 Å². The van der Waals surface area contributed by atoms with Gasteiger partial charge in [-0.15, -0.1) is 0 Å². The first-order valence-electron chi connectivity index (χ1n) is 10.9. The Kier molecular flexibility index (Phi) is 5.61. The summed E-state index contributed by atoms with van der Waals surface area (Å²) in [5.41, 5.74) is 2.73. The Hall–Kier alpha value is -2.04. The number of carbonyl (C=O) groups excluding carboxylic acids is 2. The molecule has 5 heteroatoms. The van der Waals surface area contributed by atoms with E-state index in [0.29, 0.717) is 31.0 Å². The first-order valence-corrected chi connectivity index (χ1v) is 10.9. The zero-order chi connectivity index (χ0) is 19.7. The van der Waals surface area contributed by atoms with Crippen LogP contribution in [0.2, 0.25) is 0 Å². The van der Waals surface area contributed by atoms with Gasteiger partial charge in [0, 0.05) is 24.7 Å². The van der Waals surface area contributed by atoms with E-state index in [1.165, 1.54) is 25.7 Å². The quantitative estimate of drug-likeness (QED) is 0.763. The number of carbonyl (C=O) groups is 2. The molecule has 2 atom stereocenters. The smallest absolute Gasteiger partial charge is 0.414 e. The van der Waals surface area contributed by atoms with Gasteiger partial charge < -0.3 is 9.64 Å². The van der Waals surface area contributed by atoms with Crippen LogP contribution < -0.4 is 4.90 Å². The minimum Gasteiger partial charge on any atom is -0.449 e. The predicted octanol–water partition coefficient (Wildman–Crippen LogP) is 4.64. The molecule has 0 bridgehead atoms. The molecule has 0 aromatic heterocycles. The van der Waals surface area contributed by atoms with Crippen LogP contribution >= 0.6 is 0 Å². The summed E-state index contributed by atoms with van der Waals surface area (Å²) < 4.78 is 5.39. The number of fused-ring (bicyclic) bond motifs is 2. The fourth-order valence-corrected chi connectivity index (χ4v) is 5.08. The second kappa shape index (κ2) is 8.14. The third kappa shape index (κ3) is 3.76. The lowest BCUT2D eigenvalue weighted by Gasteiger charge is -2.44. The Morgan fingerprint density at radius 1 is 1.11 bits per heavy atom. The van der Waals surface area contributed by atoms with Crippen molar-refractivity contribution < 1.29 is 14.3 Å². The van der Waals surface area contributed by atoms with Crippen molar-refractivity contribution in [1.29, 1.82) is 0 Å². The molecule has 0 radical (unpaired) electrons. The van der Waals surface area contributed by atoms with Gasteiger partial charge in [-0.1, -0.05) is 26.7 Å². The molecule has 2 unspecified atom stereocenters. The highest BCUT2D eigenvalue weighted by Gasteiger charge is 2.36. The fourth-order valence-electron chi connectivity index (χ4n) is 5.08. The van der Waals surface area contributed by atoms with Crippen molar-refractivity contribution in [3.8, 4) is 0 Å². The van der Waals surface area contributed by atoms with E-state index in [2.05, 4.69) is 4.90 Å². The van der Waals surface area contributed by atoms with Gasteiger partial charge in [0.1, 0.15) is 0 Å². The average molecular weight is 385 g/mol. The van der Waals surface area contributed by atoms with Gasteiger partial charge in [-0.25, -0.2) is 4.79 Å². The molecule has 1 saturated heterocycles. The van der Waals surface area contributed by atoms with Crippen LogP contribution in [0, 0.1) is 11.8 Å². The third-order valence-corrected chi connectivity index (χ3v) is 6.49. The van der Waals surface area contributed by atoms with Crippen LogP contribution in [0.1, 0.15) is 68.3 Å². The molecule has 1 aromatic carbocycles. The zero-order valence-corrected chi connectivity index (χ0v) is 17.2. The maximum absolute atomic E-state index is 13.3. The number of anilines is 1. The molecule has 5 nitrogen and oxygen atoms in total. The Balaban J connectivity index is 1.48. The number of hydrogen-bond donors (Lipinski definition) is 0. The van der Waals surface area contributed by atoms with Gasteiger partial charge in [0.2, 0.25) is 0 Å². The van der Waals surface area contributed by atoms with E-state index >= 15 is 0 Å². The van der Waals surface area contributed by atoms with Crippen molar-refractivity contribution in [2.24, 2.45) is 11.8 Å². The molecular weight excluding hydrogens is 352 g/mol. The number of hydrogen-bond acceptors (Lipinski definition) is 3. The number of benzene rings is 1. The van der Waals surface area contributed by atoms with E-state index in [-0.39, 0.29) is 12.0 Å². The van der Waals surface area contributed by atoms with Crippen molar-refractivity contribution in [3.05, 3.63) is 29.3 Å². The molecule has 4 rings (SSSR count). The molecule has 1 saturated carbocycles. The topological polar surface area (TPSA) is 49.9 Å². The maximum atomic E-state index is 13.3. The molecule has 2 fully saturated rings. The van der Waals surface area contributed by atoms with Crippen LogP contribution in [0.3, 0.4) is 0 Å². The van der Waals surface area contributed by atoms with Crippen molar-refractivity contribution in [2.75, 3.05) is 24.6 Å². The van der Waals surface area contributed by atoms with E-state index < -0.39 is 0 Å². The summed E-state index contributed by atoms with van der Waals surface area (Å²) in [7, 11) is 0. The summed E-state index contributed by atoms with van der Waals surface area (Å²) in [6.07, 6.45) is 7.85. The largest absolute Gasteiger partial charge is 0.449 e. The number of ether oxygens (including phenoxy) is 1. The highest BCUT2D eigenvalue weighted by atomic mass is 16.6. The number of nitrogens with zero attached hydrogens (tertiary/aromatic N) is 2. The molecule has 0 spiro atoms. The Morgan fingerprint density at radius 2 is 1.89 bits per heavy atom. The summed E-state index contributed by atoms with van der Waals surface area (Å²) in [5, 5.41) is 0. The van der Waals surface area contributed by atoms with Gasteiger partial charge in [0.25, 0.3) is 5.91 Å². The summed E-state index contributed by atoms with van der Waals surface area (Å²) in [5.74, 6) is 1.17. The molecule has 152 valence electrons. The lowest BCUT2D eigenvalue weighted by molar-refractivity contribution is 0.0390. The van der Waals surface area contributed by atoms with Crippen molar-refractivity contribution in [3.63, 3.8) is 0 Å². The Labute approximate surface area is 168 Å². The van der Waals surface area contributed by atoms with Crippen LogP contribution in [0.4, 0.5) is 10.5 Å². The number of piperidine rings is 1. The van der Waals surface area contributed by atoms with Gasteiger partial charge in [-0.2, -0.15) is 0 Å². The first-order chi connectivity index (χ1) is 13.5. The second-order valence-corrected chi connectivity index (χ2v) is 8.97. The number of amides is 2. The van der Waals surface area contributed by atoms with E-state index in [9.17, 15) is 9.59 Å². The third-order valence-electron chi connectivity index (χ3n) is 6.49. The van der Waals surface area contributed by atoms with Gasteiger partial charge in [-0.05, 0) is 67.7 Å². The van der Waals surface area contributed by atoms with Crippen LogP contribution in [-0.2, 0) is 11.2 Å². The molecule has 2 aliphatic heterocycles. The molecule has 0 N–H and O–H groups in total. The van der Waals surface area contributed by atoms with E-state index in [1.54, 1.807) is 4.90 Å². The van der Waals surface area contributed by atoms with Crippen molar-refractivity contribution in [1.82, 2.24) is 4.90 Å². The molecule has 3 aliphatic rings. The van der Waals surface area contributed by atoms with Crippen molar-refractivity contribution >= 4 is 17.7 Å². The number of likely N-dealkylation sites (tertiary alicyclic amines) is 1. The molecule has 1 aromatic rings. The molecule has 1 aliphatic carbocycles. The summed E-state index contributed by atoms with van der Waals surface area (Å²) in [6, 6.07) is 6.24. The monoisotopic (exact) mass is 384 g/mol. The van der Waals surface area contributed by atoms with Crippen LogP contribution in [0.15, 0.2) is 18.2 Å². The Morgan fingerprint density at radius 3 is 2.71 bits per heavy atom. The standard InChI is InChI=1S/C23H32N2O3/c1-16(2)15-28-23(27)25-13-11-18-14-19(9-10-21(18)25)22(26)24-12-5-7-17-6-3-4-8-20(17)24/h9-10,14,16-17,20H,3-8,11-13,15H2,1-2H3. The van der Waals surface area contributed by atoms with Crippen LogP contribution in [0.5, 0.6) is 0 Å². The second-order valence-electron chi connectivity index (χ2n) is 8.97. The summed E-state index contributed by atoms with van der Waals surface area (Å²) >= 11 is 0. The first kappa shape index (κ1) is 19.3. The van der Waals surface area contributed by atoms with Gasteiger partial charge in [0.05, 0.1) is 12.3 Å². The van der Waals surface area contributed by atoms with Gasteiger partial charge in [-0.3, -0.25) is 9.69 Å². The highest BCUT2D eigenvalue weighted by Crippen LogP contribution is 2.36. The minimum atomic E-state index is -0.285. The predicted molar refractivity (Wildman–Crippen MR) is 110 cm³/mol. The fraction of sp³-hybridized carbons (Fsp3) is 0.652. The molecule has 28 heavy (non-hydrogen) atoms. The molecular formula is C23H32N2O3.